The fourth-order valence-corrected chi connectivity index (χ4v) is 4.11. The standard InChI is InChI=1S/C18H17NO5/c1-10(20)23-12-6-4-11(5-7-12)19-15(21)13-14(16(19)22)18(3)9-8-17(13,2)24-18/h4-9,13-14H,1-3H3/t13-,14+,17-,18-/m1/s1. The van der Waals surface area contributed by atoms with Crippen LogP contribution in [-0.4, -0.2) is 29.0 Å². The first kappa shape index (κ1) is 15.1. The lowest BCUT2D eigenvalue weighted by molar-refractivity contribution is -0.132. The number of esters is 1. The first-order valence-corrected chi connectivity index (χ1v) is 7.82. The first-order chi connectivity index (χ1) is 11.3. The average molecular weight is 327 g/mol. The average Bonchev–Trinajstić information content (AvgIpc) is 3.04. The summed E-state index contributed by atoms with van der Waals surface area (Å²) in [5, 5.41) is 0. The van der Waals surface area contributed by atoms with E-state index in [9.17, 15) is 14.4 Å². The Kier molecular flexibility index (Phi) is 2.85. The molecule has 0 aliphatic carbocycles. The second kappa shape index (κ2) is 4.54. The minimum absolute atomic E-state index is 0.249. The molecule has 2 amide bonds. The Balaban J connectivity index is 1.68. The third kappa shape index (κ3) is 1.83. The normalized spacial score (nSPS) is 36.4. The number of carbonyl (C=O) groups excluding carboxylic acids is 3. The van der Waals surface area contributed by atoms with E-state index in [0.29, 0.717) is 11.4 Å². The Hall–Kier alpha value is -2.47. The van der Waals surface area contributed by atoms with Gasteiger partial charge in [0.15, 0.2) is 0 Å². The Bertz CT molecular complexity index is 762. The Labute approximate surface area is 139 Å². The molecule has 6 nitrogen and oxygen atoms in total. The van der Waals surface area contributed by atoms with Crippen LogP contribution in [-0.2, 0) is 19.1 Å². The van der Waals surface area contributed by atoms with Gasteiger partial charge in [-0.25, -0.2) is 4.90 Å². The third-order valence-corrected chi connectivity index (χ3v) is 5.08. The van der Waals surface area contributed by atoms with E-state index in [4.69, 9.17) is 9.47 Å². The van der Waals surface area contributed by atoms with Crippen LogP contribution in [0.1, 0.15) is 20.8 Å². The number of anilines is 1. The van der Waals surface area contributed by atoms with Gasteiger partial charge in [0.25, 0.3) is 0 Å². The van der Waals surface area contributed by atoms with Crippen LogP contribution in [0.15, 0.2) is 36.4 Å². The number of amides is 2. The van der Waals surface area contributed by atoms with Crippen LogP contribution in [0.2, 0.25) is 0 Å². The molecule has 2 fully saturated rings. The monoisotopic (exact) mass is 327 g/mol. The van der Waals surface area contributed by atoms with Gasteiger partial charge in [0.1, 0.15) is 5.75 Å². The number of carbonyl (C=O) groups is 3. The molecule has 0 saturated carbocycles. The molecule has 4 rings (SSSR count). The minimum Gasteiger partial charge on any atom is -0.427 e. The molecule has 0 unspecified atom stereocenters. The molecule has 1 aromatic rings. The maximum Gasteiger partial charge on any atom is 0.308 e. The molecule has 0 spiro atoms. The number of fused-ring (bicyclic) bond motifs is 5. The summed E-state index contributed by atoms with van der Waals surface area (Å²) in [5.41, 5.74) is -1.00. The van der Waals surface area contributed by atoms with Crippen LogP contribution in [0.4, 0.5) is 5.69 Å². The van der Waals surface area contributed by atoms with Crippen molar-refractivity contribution in [2.75, 3.05) is 4.90 Å². The van der Waals surface area contributed by atoms with Crippen LogP contribution in [0.25, 0.3) is 0 Å². The van der Waals surface area contributed by atoms with Crippen LogP contribution in [0.5, 0.6) is 5.75 Å². The van der Waals surface area contributed by atoms with Crippen molar-refractivity contribution in [2.45, 2.75) is 32.0 Å². The fraction of sp³-hybridized carbons (Fsp3) is 0.389. The summed E-state index contributed by atoms with van der Waals surface area (Å²) in [6.45, 7) is 5.00. The zero-order valence-corrected chi connectivity index (χ0v) is 13.6. The van der Waals surface area contributed by atoms with Gasteiger partial charge in [0.2, 0.25) is 11.8 Å². The quantitative estimate of drug-likeness (QED) is 0.359. The molecule has 2 bridgehead atoms. The Morgan fingerprint density at radius 2 is 1.54 bits per heavy atom. The van der Waals surface area contributed by atoms with Gasteiger partial charge >= 0.3 is 5.97 Å². The number of hydrogen-bond acceptors (Lipinski definition) is 5. The van der Waals surface area contributed by atoms with Gasteiger partial charge in [-0.2, -0.15) is 0 Å². The second-order valence-corrected chi connectivity index (χ2v) is 6.86. The third-order valence-electron chi connectivity index (χ3n) is 5.08. The van der Waals surface area contributed by atoms with Gasteiger partial charge in [-0.3, -0.25) is 14.4 Å². The second-order valence-electron chi connectivity index (χ2n) is 6.86. The lowest BCUT2D eigenvalue weighted by atomic mass is 9.73. The van der Waals surface area contributed by atoms with E-state index in [2.05, 4.69) is 0 Å². The summed E-state index contributed by atoms with van der Waals surface area (Å²) in [5.74, 6) is -1.57. The number of hydrogen-bond donors (Lipinski definition) is 0. The SMILES string of the molecule is CC(=O)Oc1ccc(N2C(=O)[C@@H]3[C@H](C2=O)[C@@]2(C)C=C[C@@]3(C)O2)cc1. The summed E-state index contributed by atoms with van der Waals surface area (Å²) in [6.07, 6.45) is 3.76. The van der Waals surface area contributed by atoms with E-state index < -0.39 is 29.0 Å². The van der Waals surface area contributed by atoms with E-state index in [0.717, 1.165) is 0 Å². The highest BCUT2D eigenvalue weighted by Gasteiger charge is 2.70. The van der Waals surface area contributed by atoms with E-state index in [1.165, 1.54) is 11.8 Å². The van der Waals surface area contributed by atoms with Crippen molar-refractivity contribution in [2.24, 2.45) is 11.8 Å². The van der Waals surface area contributed by atoms with Gasteiger partial charge in [0.05, 0.1) is 28.7 Å². The Morgan fingerprint density at radius 3 is 2.00 bits per heavy atom. The molecular weight excluding hydrogens is 310 g/mol. The summed E-state index contributed by atoms with van der Waals surface area (Å²) < 4.78 is 10.9. The van der Waals surface area contributed by atoms with E-state index >= 15 is 0 Å². The van der Waals surface area contributed by atoms with Crippen LogP contribution in [0.3, 0.4) is 0 Å². The first-order valence-electron chi connectivity index (χ1n) is 7.82. The van der Waals surface area contributed by atoms with Crippen molar-refractivity contribution in [1.82, 2.24) is 0 Å². The summed E-state index contributed by atoms with van der Waals surface area (Å²) in [7, 11) is 0. The van der Waals surface area contributed by atoms with E-state index in [1.807, 2.05) is 26.0 Å². The minimum atomic E-state index is -0.738. The molecule has 0 N–H and O–H groups in total. The molecule has 24 heavy (non-hydrogen) atoms. The summed E-state index contributed by atoms with van der Waals surface area (Å²) in [4.78, 5) is 38.0. The molecule has 0 radical (unpaired) electrons. The molecule has 3 aliphatic heterocycles. The predicted octanol–water partition coefficient (Wildman–Crippen LogP) is 1.83. The van der Waals surface area contributed by atoms with E-state index in [1.54, 1.807) is 24.3 Å². The highest BCUT2D eigenvalue weighted by molar-refractivity contribution is 6.23. The smallest absolute Gasteiger partial charge is 0.308 e. The number of nitrogens with zero attached hydrogens (tertiary/aromatic N) is 1. The van der Waals surface area contributed by atoms with Crippen molar-refractivity contribution in [3.05, 3.63) is 36.4 Å². The maximum absolute atomic E-state index is 12.9. The van der Waals surface area contributed by atoms with E-state index in [-0.39, 0.29) is 11.8 Å². The molecule has 3 heterocycles. The van der Waals surface area contributed by atoms with Crippen molar-refractivity contribution < 1.29 is 23.9 Å². The highest BCUT2D eigenvalue weighted by atomic mass is 16.5. The summed E-state index contributed by atoms with van der Waals surface area (Å²) >= 11 is 0. The molecule has 3 aliphatic rings. The molecule has 0 aromatic heterocycles. The van der Waals surface area contributed by atoms with Crippen molar-refractivity contribution in [3.8, 4) is 5.75 Å². The molecule has 6 heteroatoms. The van der Waals surface area contributed by atoms with Gasteiger partial charge < -0.3 is 9.47 Å². The molecule has 124 valence electrons. The molecule has 1 aromatic carbocycles. The van der Waals surface area contributed by atoms with Crippen LogP contribution >= 0.6 is 0 Å². The van der Waals surface area contributed by atoms with Gasteiger partial charge in [-0.05, 0) is 38.1 Å². The lowest BCUT2D eigenvalue weighted by Crippen LogP contribution is -2.39. The largest absolute Gasteiger partial charge is 0.427 e. The molecular formula is C18H17NO5. The highest BCUT2D eigenvalue weighted by Crippen LogP contribution is 2.57. The van der Waals surface area contributed by atoms with Crippen molar-refractivity contribution in [3.63, 3.8) is 0 Å². The van der Waals surface area contributed by atoms with Crippen molar-refractivity contribution >= 4 is 23.5 Å². The number of imide groups is 1. The number of benzene rings is 1. The van der Waals surface area contributed by atoms with Gasteiger partial charge in [0, 0.05) is 6.92 Å². The lowest BCUT2D eigenvalue weighted by Gasteiger charge is -2.25. The zero-order valence-electron chi connectivity index (χ0n) is 13.6. The zero-order chi connectivity index (χ0) is 17.3. The van der Waals surface area contributed by atoms with Crippen molar-refractivity contribution in [1.29, 1.82) is 0 Å². The predicted molar refractivity (Wildman–Crippen MR) is 84.3 cm³/mol. The Morgan fingerprint density at radius 1 is 1.04 bits per heavy atom. The topological polar surface area (TPSA) is 72.9 Å². The fourth-order valence-electron chi connectivity index (χ4n) is 4.11. The summed E-state index contributed by atoms with van der Waals surface area (Å²) in [6, 6.07) is 6.35. The van der Waals surface area contributed by atoms with Gasteiger partial charge in [-0.1, -0.05) is 12.2 Å². The van der Waals surface area contributed by atoms with Gasteiger partial charge in [-0.15, -0.1) is 0 Å². The maximum atomic E-state index is 12.9. The van der Waals surface area contributed by atoms with Crippen LogP contribution < -0.4 is 9.64 Å². The number of rotatable bonds is 2. The molecule has 2 saturated heterocycles. The number of ether oxygens (including phenoxy) is 2. The van der Waals surface area contributed by atoms with Crippen LogP contribution in [0, 0.1) is 11.8 Å². The molecule has 4 atom stereocenters.